The molecule has 3 nitrogen and oxygen atoms in total. The van der Waals surface area contributed by atoms with Crippen LogP contribution in [0.1, 0.15) is 10.4 Å². The lowest BCUT2D eigenvalue weighted by Gasteiger charge is -2.02. The van der Waals surface area contributed by atoms with Crippen LogP contribution in [0, 0.1) is 0 Å². The molecule has 0 aliphatic carbocycles. The van der Waals surface area contributed by atoms with Crippen LogP contribution in [-0.4, -0.2) is 12.9 Å². The molecule has 4 heteroatoms. The summed E-state index contributed by atoms with van der Waals surface area (Å²) in [7, 11) is 1.62. The lowest BCUT2D eigenvalue weighted by molar-refractivity contribution is 0.104. The summed E-state index contributed by atoms with van der Waals surface area (Å²) in [6.07, 6.45) is 3.14. The van der Waals surface area contributed by atoms with Gasteiger partial charge in [0.25, 0.3) is 0 Å². The van der Waals surface area contributed by atoms with Gasteiger partial charge in [-0.05, 0) is 48.5 Å². The number of carbonyl (C=O) groups is 1. The highest BCUT2D eigenvalue weighted by Gasteiger charge is 2.00. The zero-order valence-electron chi connectivity index (χ0n) is 11.0. The van der Waals surface area contributed by atoms with Gasteiger partial charge in [0.2, 0.25) is 0 Å². The number of ketones is 1. The van der Waals surface area contributed by atoms with Gasteiger partial charge in [0.05, 0.1) is 7.11 Å². The third-order valence-corrected chi connectivity index (χ3v) is 3.23. The van der Waals surface area contributed by atoms with Gasteiger partial charge in [-0.3, -0.25) is 4.79 Å². The fourth-order valence-electron chi connectivity index (χ4n) is 1.61. The van der Waals surface area contributed by atoms with E-state index in [0.717, 1.165) is 15.9 Å². The van der Waals surface area contributed by atoms with Crippen LogP contribution in [-0.2, 0) is 0 Å². The number of methoxy groups -OCH3 is 1. The summed E-state index contributed by atoms with van der Waals surface area (Å²) in [4.78, 5) is 11.9. The Hall–Kier alpha value is -2.07. The van der Waals surface area contributed by atoms with Crippen molar-refractivity contribution in [2.24, 2.45) is 0 Å². The van der Waals surface area contributed by atoms with E-state index in [0.29, 0.717) is 5.56 Å². The SMILES string of the molecule is COc1ccc(N/C=C/C(=O)c2ccc(Br)cc2)cc1. The molecule has 0 atom stereocenters. The van der Waals surface area contributed by atoms with Gasteiger partial charge in [0, 0.05) is 28.0 Å². The van der Waals surface area contributed by atoms with Gasteiger partial charge in [-0.25, -0.2) is 0 Å². The molecule has 0 aliphatic rings. The van der Waals surface area contributed by atoms with Gasteiger partial charge in [-0.1, -0.05) is 15.9 Å². The quantitative estimate of drug-likeness (QED) is 0.656. The van der Waals surface area contributed by atoms with E-state index in [2.05, 4.69) is 21.2 Å². The molecule has 20 heavy (non-hydrogen) atoms. The molecule has 2 rings (SSSR count). The number of ether oxygens (including phenoxy) is 1. The number of nitrogens with one attached hydrogen (secondary N) is 1. The van der Waals surface area contributed by atoms with Crippen molar-refractivity contribution in [2.75, 3.05) is 12.4 Å². The van der Waals surface area contributed by atoms with Crippen LogP contribution in [0.5, 0.6) is 5.75 Å². The molecule has 102 valence electrons. The fourth-order valence-corrected chi connectivity index (χ4v) is 1.88. The maximum atomic E-state index is 11.9. The number of halogens is 1. The van der Waals surface area contributed by atoms with E-state index in [9.17, 15) is 4.79 Å². The lowest BCUT2D eigenvalue weighted by atomic mass is 10.1. The second-order valence-corrected chi connectivity index (χ2v) is 4.99. The minimum atomic E-state index is -0.0430. The Bertz CT molecular complexity index is 603. The first-order chi connectivity index (χ1) is 9.69. The van der Waals surface area contributed by atoms with Gasteiger partial charge < -0.3 is 10.1 Å². The van der Waals surface area contributed by atoms with E-state index in [1.165, 1.54) is 6.08 Å². The predicted molar refractivity (Wildman–Crippen MR) is 84.2 cm³/mol. The Balaban J connectivity index is 1.95. The van der Waals surface area contributed by atoms with Gasteiger partial charge in [0.15, 0.2) is 5.78 Å². The smallest absolute Gasteiger partial charge is 0.187 e. The minimum absolute atomic E-state index is 0.0430. The molecule has 2 aromatic carbocycles. The second-order valence-electron chi connectivity index (χ2n) is 4.08. The van der Waals surface area contributed by atoms with E-state index in [-0.39, 0.29) is 5.78 Å². The molecule has 0 unspecified atom stereocenters. The highest BCUT2D eigenvalue weighted by Crippen LogP contribution is 2.15. The molecule has 0 aliphatic heterocycles. The summed E-state index contributed by atoms with van der Waals surface area (Å²) in [6, 6.07) is 14.7. The summed E-state index contributed by atoms with van der Waals surface area (Å²) >= 11 is 3.34. The van der Waals surface area contributed by atoms with E-state index in [4.69, 9.17) is 4.74 Å². The second kappa shape index (κ2) is 6.91. The first-order valence-electron chi connectivity index (χ1n) is 6.06. The Morgan fingerprint density at radius 2 is 1.75 bits per heavy atom. The van der Waals surface area contributed by atoms with Crippen molar-refractivity contribution in [1.29, 1.82) is 0 Å². The Labute approximate surface area is 126 Å². The Morgan fingerprint density at radius 1 is 1.10 bits per heavy atom. The zero-order valence-corrected chi connectivity index (χ0v) is 12.6. The molecule has 0 spiro atoms. The number of anilines is 1. The van der Waals surface area contributed by atoms with Crippen molar-refractivity contribution < 1.29 is 9.53 Å². The van der Waals surface area contributed by atoms with Gasteiger partial charge in [-0.2, -0.15) is 0 Å². The average molecular weight is 332 g/mol. The lowest BCUT2D eigenvalue weighted by Crippen LogP contribution is -1.96. The number of rotatable bonds is 5. The molecule has 2 aromatic rings. The summed E-state index contributed by atoms with van der Waals surface area (Å²) < 4.78 is 6.03. The van der Waals surface area contributed by atoms with Crippen molar-refractivity contribution in [3.05, 3.63) is 70.8 Å². The molecular formula is C16H14BrNO2. The standard InChI is InChI=1S/C16H14BrNO2/c1-20-15-8-6-14(7-9-15)18-11-10-16(19)12-2-4-13(17)5-3-12/h2-11,18H,1H3/b11-10+. The Kier molecular flexibility index (Phi) is 4.96. The largest absolute Gasteiger partial charge is 0.497 e. The van der Waals surface area contributed by atoms with E-state index in [1.807, 2.05) is 36.4 Å². The van der Waals surface area contributed by atoms with Crippen molar-refractivity contribution in [3.63, 3.8) is 0 Å². The van der Waals surface area contributed by atoms with E-state index >= 15 is 0 Å². The predicted octanol–water partition coefficient (Wildman–Crippen LogP) is 4.27. The molecule has 0 saturated carbocycles. The van der Waals surface area contributed by atoms with Crippen molar-refractivity contribution >= 4 is 27.4 Å². The summed E-state index contributed by atoms with van der Waals surface area (Å²) in [5.74, 6) is 0.754. The van der Waals surface area contributed by atoms with Crippen molar-refractivity contribution in [3.8, 4) is 5.75 Å². The molecule has 0 aromatic heterocycles. The highest BCUT2D eigenvalue weighted by molar-refractivity contribution is 9.10. The highest BCUT2D eigenvalue weighted by atomic mass is 79.9. The maximum Gasteiger partial charge on any atom is 0.187 e. The van der Waals surface area contributed by atoms with Gasteiger partial charge in [0.1, 0.15) is 5.75 Å². The molecule has 0 radical (unpaired) electrons. The molecule has 0 heterocycles. The number of carbonyl (C=O) groups excluding carboxylic acids is 1. The molecule has 1 N–H and O–H groups in total. The van der Waals surface area contributed by atoms with Crippen LogP contribution < -0.4 is 10.1 Å². The molecule has 0 amide bonds. The molecular weight excluding hydrogens is 318 g/mol. The van der Waals surface area contributed by atoms with Gasteiger partial charge in [-0.15, -0.1) is 0 Å². The molecule has 0 saturated heterocycles. The third-order valence-electron chi connectivity index (χ3n) is 2.70. The first-order valence-corrected chi connectivity index (χ1v) is 6.85. The third kappa shape index (κ3) is 3.96. The summed E-state index contributed by atoms with van der Waals surface area (Å²) in [6.45, 7) is 0. The summed E-state index contributed by atoms with van der Waals surface area (Å²) in [5.41, 5.74) is 1.55. The van der Waals surface area contributed by atoms with Gasteiger partial charge >= 0.3 is 0 Å². The van der Waals surface area contributed by atoms with Crippen LogP contribution in [0.3, 0.4) is 0 Å². The number of benzene rings is 2. The van der Waals surface area contributed by atoms with Crippen LogP contribution in [0.25, 0.3) is 0 Å². The van der Waals surface area contributed by atoms with Crippen molar-refractivity contribution in [2.45, 2.75) is 0 Å². The van der Waals surface area contributed by atoms with E-state index < -0.39 is 0 Å². The molecule has 0 bridgehead atoms. The van der Waals surface area contributed by atoms with Crippen LogP contribution >= 0.6 is 15.9 Å². The number of hydrogen-bond donors (Lipinski definition) is 1. The minimum Gasteiger partial charge on any atom is -0.497 e. The molecule has 0 fully saturated rings. The first kappa shape index (κ1) is 14.3. The van der Waals surface area contributed by atoms with Crippen LogP contribution in [0.2, 0.25) is 0 Å². The maximum absolute atomic E-state index is 11.9. The normalized spacial score (nSPS) is 10.5. The summed E-state index contributed by atoms with van der Waals surface area (Å²) in [5, 5.41) is 3.04. The van der Waals surface area contributed by atoms with Crippen LogP contribution in [0.15, 0.2) is 65.3 Å². The zero-order chi connectivity index (χ0) is 14.4. The van der Waals surface area contributed by atoms with Crippen molar-refractivity contribution in [1.82, 2.24) is 0 Å². The number of hydrogen-bond acceptors (Lipinski definition) is 3. The average Bonchev–Trinajstić information content (AvgIpc) is 2.48. The topological polar surface area (TPSA) is 38.3 Å². The fraction of sp³-hybridized carbons (Fsp3) is 0.0625. The Morgan fingerprint density at radius 3 is 2.35 bits per heavy atom. The van der Waals surface area contributed by atoms with Crippen LogP contribution in [0.4, 0.5) is 5.69 Å². The number of allylic oxidation sites excluding steroid dienone is 1. The monoisotopic (exact) mass is 331 g/mol. The van der Waals surface area contributed by atoms with E-state index in [1.54, 1.807) is 25.4 Å².